The van der Waals surface area contributed by atoms with Crippen molar-refractivity contribution >= 4 is 27.2 Å². The van der Waals surface area contributed by atoms with Gasteiger partial charge in [0.1, 0.15) is 16.5 Å². The number of carbonyl (C=O) groups excluding carboxylic acids is 1. The van der Waals surface area contributed by atoms with Crippen LogP contribution >= 0.6 is 0 Å². The number of hydrogen-bond acceptors (Lipinski definition) is 9. The Labute approximate surface area is 206 Å². The molecule has 0 aromatic carbocycles. The predicted octanol–water partition coefficient (Wildman–Crippen LogP) is 1.47. The van der Waals surface area contributed by atoms with Gasteiger partial charge in [-0.2, -0.15) is 14.7 Å². The van der Waals surface area contributed by atoms with Crippen molar-refractivity contribution in [1.29, 1.82) is 0 Å². The number of carbonyl (C=O) groups is 1. The number of fused-ring (bicyclic) bond motifs is 3. The molecular weight excluding hydrogens is 484 g/mol. The monoisotopic (exact) mass is 510 g/mol. The van der Waals surface area contributed by atoms with E-state index in [-0.39, 0.29) is 40.4 Å². The molecule has 2 aliphatic heterocycles. The van der Waals surface area contributed by atoms with E-state index < -0.39 is 9.84 Å². The van der Waals surface area contributed by atoms with Gasteiger partial charge in [0.15, 0.2) is 15.5 Å². The molecule has 13 nitrogen and oxygen atoms in total. The molecule has 6 heterocycles. The van der Waals surface area contributed by atoms with Crippen LogP contribution in [-0.4, -0.2) is 77.5 Å². The average molecular weight is 511 g/mol. The van der Waals surface area contributed by atoms with E-state index in [1.165, 1.54) is 4.52 Å². The van der Waals surface area contributed by atoms with Crippen molar-refractivity contribution in [2.45, 2.75) is 61.9 Å². The zero-order valence-electron chi connectivity index (χ0n) is 19.8. The Morgan fingerprint density at radius 3 is 2.53 bits per heavy atom. The number of amides is 1. The van der Waals surface area contributed by atoms with Gasteiger partial charge in [-0.1, -0.05) is 0 Å². The highest BCUT2D eigenvalue weighted by molar-refractivity contribution is 7.91. The highest BCUT2D eigenvalue weighted by atomic mass is 32.2. The average Bonchev–Trinajstić information content (AvgIpc) is 3.57. The van der Waals surface area contributed by atoms with E-state index in [1.807, 2.05) is 4.90 Å². The molecule has 1 amide bonds. The van der Waals surface area contributed by atoms with Gasteiger partial charge in [-0.3, -0.25) is 15.0 Å². The maximum absolute atomic E-state index is 13.3. The number of aryl methyl sites for hydroxylation is 1. The van der Waals surface area contributed by atoms with Crippen LogP contribution in [0.15, 0.2) is 23.5 Å². The van der Waals surface area contributed by atoms with E-state index in [0.29, 0.717) is 35.6 Å². The number of sulfone groups is 1. The Balaban J connectivity index is 1.44. The molecule has 0 aliphatic carbocycles. The quantitative estimate of drug-likeness (QED) is 0.366. The first-order valence-corrected chi connectivity index (χ1v) is 13.7. The number of hydrogen-bond donors (Lipinski definition) is 3. The standard InChI is InChI=1S/C22H26N10O3S/c1-11-27-20(30-29-11)22(33)31-14-4-3-5-15(31)7-12(6-14)17-18(36(2,34)35)19(23)32-21(28-17)16(10-26-32)13-8-24-25-9-13/h8-10,12,14-15H,3-7,23H2,1-2H3,(H,24,25)(H,27,29,30)/t12?,14-,15+. The Kier molecular flexibility index (Phi) is 5.10. The molecule has 36 heavy (non-hydrogen) atoms. The minimum absolute atomic E-state index is 0.00397. The summed E-state index contributed by atoms with van der Waals surface area (Å²) in [7, 11) is -3.71. The van der Waals surface area contributed by atoms with Gasteiger partial charge < -0.3 is 10.6 Å². The Bertz CT molecular complexity index is 1560. The molecule has 188 valence electrons. The van der Waals surface area contributed by atoms with Crippen molar-refractivity contribution in [3.05, 3.63) is 35.9 Å². The number of anilines is 1. The van der Waals surface area contributed by atoms with E-state index >= 15 is 0 Å². The van der Waals surface area contributed by atoms with Crippen LogP contribution in [0, 0.1) is 6.92 Å². The van der Waals surface area contributed by atoms with Gasteiger partial charge in [0.2, 0.25) is 5.82 Å². The number of aromatic amines is 2. The summed E-state index contributed by atoms with van der Waals surface area (Å²) < 4.78 is 27.3. The summed E-state index contributed by atoms with van der Waals surface area (Å²) in [6.45, 7) is 1.75. The van der Waals surface area contributed by atoms with Crippen molar-refractivity contribution in [2.24, 2.45) is 0 Å². The number of piperidine rings is 2. The molecule has 2 bridgehead atoms. The summed E-state index contributed by atoms with van der Waals surface area (Å²) in [5, 5.41) is 17.9. The van der Waals surface area contributed by atoms with Gasteiger partial charge in [0, 0.05) is 41.6 Å². The molecule has 2 aliphatic rings. The van der Waals surface area contributed by atoms with Crippen LogP contribution in [0.3, 0.4) is 0 Å². The lowest BCUT2D eigenvalue weighted by Gasteiger charge is -2.48. The molecule has 6 rings (SSSR count). The van der Waals surface area contributed by atoms with Crippen molar-refractivity contribution in [1.82, 2.24) is 44.9 Å². The predicted molar refractivity (Wildman–Crippen MR) is 129 cm³/mol. The number of nitrogens with zero attached hydrogens (tertiary/aromatic N) is 7. The van der Waals surface area contributed by atoms with E-state index in [4.69, 9.17) is 10.7 Å². The third-order valence-electron chi connectivity index (χ3n) is 7.23. The summed E-state index contributed by atoms with van der Waals surface area (Å²) in [5.41, 5.74) is 8.80. The highest BCUT2D eigenvalue weighted by Gasteiger charge is 2.44. The smallest absolute Gasteiger partial charge is 0.294 e. The number of nitrogens with two attached hydrogens (primary N) is 1. The minimum Gasteiger partial charge on any atom is -0.382 e. The maximum Gasteiger partial charge on any atom is 0.294 e. The van der Waals surface area contributed by atoms with Crippen molar-refractivity contribution in [3.63, 3.8) is 0 Å². The van der Waals surface area contributed by atoms with E-state index in [1.54, 1.807) is 25.5 Å². The normalized spacial score (nSPS) is 22.3. The largest absolute Gasteiger partial charge is 0.382 e. The zero-order chi connectivity index (χ0) is 25.2. The van der Waals surface area contributed by atoms with Crippen LogP contribution in [0.5, 0.6) is 0 Å². The van der Waals surface area contributed by atoms with Crippen LogP contribution < -0.4 is 5.73 Å². The highest BCUT2D eigenvalue weighted by Crippen LogP contribution is 2.44. The first-order valence-electron chi connectivity index (χ1n) is 11.8. The van der Waals surface area contributed by atoms with Gasteiger partial charge in [-0.15, -0.1) is 5.10 Å². The van der Waals surface area contributed by atoms with Crippen LogP contribution in [0.4, 0.5) is 5.82 Å². The fraction of sp³-hybridized carbons (Fsp3) is 0.455. The number of nitrogens with one attached hydrogen (secondary N) is 2. The fourth-order valence-corrected chi connectivity index (χ4v) is 6.83. The van der Waals surface area contributed by atoms with E-state index in [2.05, 4.69) is 30.5 Å². The van der Waals surface area contributed by atoms with E-state index in [9.17, 15) is 13.2 Å². The summed E-state index contributed by atoms with van der Waals surface area (Å²) in [4.78, 5) is 24.3. The van der Waals surface area contributed by atoms with Gasteiger partial charge >= 0.3 is 0 Å². The molecule has 4 aromatic heterocycles. The summed E-state index contributed by atoms with van der Waals surface area (Å²) >= 11 is 0. The van der Waals surface area contributed by atoms with Crippen molar-refractivity contribution in [2.75, 3.05) is 12.0 Å². The molecule has 3 atom stereocenters. The topological polar surface area (TPSA) is 181 Å². The molecular formula is C22H26N10O3S. The number of rotatable bonds is 4. The van der Waals surface area contributed by atoms with Gasteiger partial charge in [-0.05, 0) is 39.0 Å². The Morgan fingerprint density at radius 2 is 1.92 bits per heavy atom. The molecule has 0 saturated carbocycles. The maximum atomic E-state index is 13.3. The summed E-state index contributed by atoms with van der Waals surface area (Å²) in [5.74, 6) is 0.386. The first-order chi connectivity index (χ1) is 17.2. The molecule has 0 spiro atoms. The SMILES string of the molecule is Cc1nc(C(=O)N2[C@@H]3CCC[C@H]2CC(c2nc4c(-c5cn[nH]c5)cnn4c(N)c2S(C)(=O)=O)C3)n[nH]1. The number of nitrogen functional groups attached to an aromatic ring is 1. The summed E-state index contributed by atoms with van der Waals surface area (Å²) in [6, 6.07) is -0.141. The number of H-pyrrole nitrogens is 2. The third-order valence-corrected chi connectivity index (χ3v) is 8.39. The van der Waals surface area contributed by atoms with E-state index in [0.717, 1.165) is 31.1 Å². The molecule has 0 radical (unpaired) electrons. The lowest BCUT2D eigenvalue weighted by atomic mass is 9.77. The zero-order valence-corrected chi connectivity index (χ0v) is 20.7. The van der Waals surface area contributed by atoms with Gasteiger partial charge in [-0.25, -0.2) is 18.4 Å². The molecule has 2 fully saturated rings. The molecule has 14 heteroatoms. The second-order valence-electron chi connectivity index (χ2n) is 9.63. The lowest BCUT2D eigenvalue weighted by molar-refractivity contribution is 0.0218. The Hall–Kier alpha value is -3.81. The fourth-order valence-electron chi connectivity index (χ4n) is 5.77. The van der Waals surface area contributed by atoms with Crippen molar-refractivity contribution in [3.8, 4) is 11.1 Å². The second kappa shape index (κ2) is 8.11. The third kappa shape index (κ3) is 3.54. The second-order valence-corrected chi connectivity index (χ2v) is 11.6. The van der Waals surface area contributed by atoms with Crippen LogP contribution in [0.25, 0.3) is 16.8 Å². The molecule has 4 aromatic rings. The summed E-state index contributed by atoms with van der Waals surface area (Å²) in [6.07, 6.45) is 9.91. The van der Waals surface area contributed by atoms with Gasteiger partial charge in [0.25, 0.3) is 5.91 Å². The number of aromatic nitrogens is 8. The van der Waals surface area contributed by atoms with Crippen LogP contribution in [-0.2, 0) is 9.84 Å². The molecule has 4 N–H and O–H groups in total. The Morgan fingerprint density at radius 1 is 1.17 bits per heavy atom. The van der Waals surface area contributed by atoms with Gasteiger partial charge in [0.05, 0.1) is 18.1 Å². The first kappa shape index (κ1) is 22.6. The molecule has 2 saturated heterocycles. The lowest BCUT2D eigenvalue weighted by Crippen LogP contribution is -2.54. The van der Waals surface area contributed by atoms with Crippen molar-refractivity contribution < 1.29 is 13.2 Å². The minimum atomic E-state index is -3.71. The molecule has 1 unspecified atom stereocenters. The van der Waals surface area contributed by atoms with Crippen LogP contribution in [0.2, 0.25) is 0 Å². The van der Waals surface area contributed by atoms with Crippen LogP contribution in [0.1, 0.15) is 60.2 Å².